The van der Waals surface area contributed by atoms with Crippen molar-refractivity contribution in [3.8, 4) is 0 Å². The molecule has 0 aliphatic rings. The highest BCUT2D eigenvalue weighted by Gasteiger charge is 2.26. The monoisotopic (exact) mass is 206 g/mol. The summed E-state index contributed by atoms with van der Waals surface area (Å²) in [4.78, 5) is 11.1. The fraction of sp³-hybridized carbons (Fsp3) is 0.889. The molecule has 0 spiro atoms. The van der Waals surface area contributed by atoms with Crippen LogP contribution in [0.25, 0.3) is 0 Å². The molecule has 0 aliphatic carbocycles. The minimum Gasteiger partial charge on any atom is -0.468 e. The number of hydrogen-bond acceptors (Lipinski definition) is 3. The average Bonchev–Trinajstić information content (AvgIpc) is 2.12. The Morgan fingerprint density at radius 2 is 1.69 bits per heavy atom. The van der Waals surface area contributed by atoms with E-state index in [1.807, 2.05) is 20.8 Å². The molecule has 0 saturated carbocycles. The van der Waals surface area contributed by atoms with Gasteiger partial charge < -0.3 is 4.74 Å². The highest BCUT2D eigenvalue weighted by Crippen LogP contribution is 2.13. The lowest BCUT2D eigenvalue weighted by Crippen LogP contribution is -2.32. The standard InChI is InChI=1S/C9H18O3S/c1-6(2)7(3)13(11)8(4)9(10)12-5/h6-8H,1-5H3. The minimum atomic E-state index is -1.14. The lowest BCUT2D eigenvalue weighted by molar-refractivity contribution is -0.139. The molecule has 3 atom stereocenters. The van der Waals surface area contributed by atoms with Crippen LogP contribution in [0, 0.1) is 5.92 Å². The van der Waals surface area contributed by atoms with Crippen molar-refractivity contribution in [3.05, 3.63) is 0 Å². The van der Waals surface area contributed by atoms with Gasteiger partial charge in [-0.05, 0) is 12.8 Å². The summed E-state index contributed by atoms with van der Waals surface area (Å²) in [6.45, 7) is 7.51. The third kappa shape index (κ3) is 3.46. The Morgan fingerprint density at radius 3 is 2.00 bits per heavy atom. The van der Waals surface area contributed by atoms with E-state index in [2.05, 4.69) is 4.74 Å². The largest absolute Gasteiger partial charge is 0.468 e. The third-order valence-electron chi connectivity index (χ3n) is 2.19. The van der Waals surface area contributed by atoms with Gasteiger partial charge in [-0.3, -0.25) is 9.00 Å². The van der Waals surface area contributed by atoms with Crippen LogP contribution in [-0.2, 0) is 20.3 Å². The molecule has 0 amide bonds. The van der Waals surface area contributed by atoms with E-state index in [-0.39, 0.29) is 5.25 Å². The fourth-order valence-electron chi connectivity index (χ4n) is 0.851. The molecule has 0 heterocycles. The number of methoxy groups -OCH3 is 1. The van der Waals surface area contributed by atoms with Gasteiger partial charge in [0, 0.05) is 16.0 Å². The SMILES string of the molecule is COC(=O)C(C)S(=O)C(C)C(C)C. The number of ether oxygens (including phenoxy) is 1. The van der Waals surface area contributed by atoms with E-state index >= 15 is 0 Å². The molecule has 0 bridgehead atoms. The molecule has 0 aromatic rings. The fourth-order valence-corrected chi connectivity index (χ4v) is 2.32. The second-order valence-electron chi connectivity index (χ2n) is 3.44. The second-order valence-corrected chi connectivity index (χ2v) is 5.55. The first-order valence-electron chi connectivity index (χ1n) is 4.39. The van der Waals surface area contributed by atoms with Crippen molar-refractivity contribution in [2.45, 2.75) is 38.2 Å². The molecule has 3 nitrogen and oxygen atoms in total. The summed E-state index contributed by atoms with van der Waals surface area (Å²) in [7, 11) is 0.171. The number of esters is 1. The maximum absolute atomic E-state index is 11.7. The first kappa shape index (κ1) is 12.6. The maximum Gasteiger partial charge on any atom is 0.321 e. The predicted molar refractivity (Wildman–Crippen MR) is 53.9 cm³/mol. The van der Waals surface area contributed by atoms with Crippen LogP contribution in [0.4, 0.5) is 0 Å². The van der Waals surface area contributed by atoms with E-state index in [1.54, 1.807) is 6.92 Å². The van der Waals surface area contributed by atoms with E-state index < -0.39 is 22.0 Å². The Kier molecular flexibility index (Phi) is 5.21. The molecule has 0 aliphatic heterocycles. The van der Waals surface area contributed by atoms with Gasteiger partial charge in [-0.25, -0.2) is 0 Å². The molecular formula is C9H18O3S. The van der Waals surface area contributed by atoms with Gasteiger partial charge in [-0.2, -0.15) is 0 Å². The van der Waals surface area contributed by atoms with Crippen molar-refractivity contribution in [1.82, 2.24) is 0 Å². The Morgan fingerprint density at radius 1 is 1.23 bits per heavy atom. The van der Waals surface area contributed by atoms with E-state index in [4.69, 9.17) is 0 Å². The number of carbonyl (C=O) groups excluding carboxylic acids is 1. The predicted octanol–water partition coefficient (Wildman–Crippen LogP) is 1.34. The van der Waals surface area contributed by atoms with E-state index in [1.165, 1.54) is 7.11 Å². The highest BCUT2D eigenvalue weighted by atomic mass is 32.2. The molecule has 4 heteroatoms. The summed E-state index contributed by atoms with van der Waals surface area (Å²) >= 11 is 0. The molecular weight excluding hydrogens is 188 g/mol. The molecule has 13 heavy (non-hydrogen) atoms. The van der Waals surface area contributed by atoms with E-state index in [9.17, 15) is 9.00 Å². The van der Waals surface area contributed by atoms with Crippen LogP contribution < -0.4 is 0 Å². The summed E-state index contributed by atoms with van der Waals surface area (Å²) in [5, 5.41) is -0.503. The number of hydrogen-bond donors (Lipinski definition) is 0. The highest BCUT2D eigenvalue weighted by molar-refractivity contribution is 7.87. The van der Waals surface area contributed by atoms with Crippen LogP contribution in [-0.4, -0.2) is 27.8 Å². The Balaban J connectivity index is 4.34. The average molecular weight is 206 g/mol. The lowest BCUT2D eigenvalue weighted by atomic mass is 10.2. The Bertz CT molecular complexity index is 201. The topological polar surface area (TPSA) is 43.4 Å². The van der Waals surface area contributed by atoms with Crippen LogP contribution in [0.2, 0.25) is 0 Å². The molecule has 0 saturated heterocycles. The Labute approximate surface area is 82.3 Å². The second kappa shape index (κ2) is 5.37. The zero-order chi connectivity index (χ0) is 10.6. The molecule has 0 N–H and O–H groups in total. The molecule has 0 aromatic heterocycles. The van der Waals surface area contributed by atoms with Crippen molar-refractivity contribution in [2.24, 2.45) is 5.92 Å². The lowest BCUT2D eigenvalue weighted by Gasteiger charge is -2.18. The molecule has 0 radical (unpaired) electrons. The van der Waals surface area contributed by atoms with Crippen LogP contribution in [0.15, 0.2) is 0 Å². The molecule has 0 fully saturated rings. The van der Waals surface area contributed by atoms with Crippen molar-refractivity contribution in [1.29, 1.82) is 0 Å². The van der Waals surface area contributed by atoms with Gasteiger partial charge in [0.15, 0.2) is 0 Å². The third-order valence-corrected chi connectivity index (χ3v) is 4.35. The number of rotatable bonds is 4. The number of carbonyl (C=O) groups is 1. The van der Waals surface area contributed by atoms with E-state index in [0.717, 1.165) is 0 Å². The van der Waals surface area contributed by atoms with Gasteiger partial charge in [0.25, 0.3) is 0 Å². The summed E-state index contributed by atoms with van der Waals surface area (Å²) in [5.41, 5.74) is 0. The Hall–Kier alpha value is -0.380. The van der Waals surface area contributed by atoms with Crippen LogP contribution >= 0.6 is 0 Å². The summed E-state index contributed by atoms with van der Waals surface area (Å²) in [5.74, 6) is -0.0845. The van der Waals surface area contributed by atoms with Gasteiger partial charge in [0.05, 0.1) is 7.11 Å². The quantitative estimate of drug-likeness (QED) is 0.652. The van der Waals surface area contributed by atoms with Gasteiger partial charge >= 0.3 is 5.97 Å². The first-order chi connectivity index (χ1) is 5.91. The molecule has 0 aromatic carbocycles. The molecule has 0 rings (SSSR count). The van der Waals surface area contributed by atoms with Crippen LogP contribution in [0.5, 0.6) is 0 Å². The minimum absolute atomic E-state index is 0.0223. The normalized spacial score (nSPS) is 18.0. The van der Waals surface area contributed by atoms with Crippen molar-refractivity contribution in [3.63, 3.8) is 0 Å². The zero-order valence-electron chi connectivity index (χ0n) is 8.87. The van der Waals surface area contributed by atoms with Crippen molar-refractivity contribution < 1.29 is 13.7 Å². The summed E-state index contributed by atoms with van der Waals surface area (Å²) < 4.78 is 16.2. The molecule has 78 valence electrons. The zero-order valence-corrected chi connectivity index (χ0v) is 9.68. The summed E-state index contributed by atoms with van der Waals surface area (Å²) in [6, 6.07) is 0. The molecule has 3 unspecified atom stereocenters. The first-order valence-corrected chi connectivity index (χ1v) is 5.66. The van der Waals surface area contributed by atoms with Gasteiger partial charge in [0.2, 0.25) is 0 Å². The van der Waals surface area contributed by atoms with Crippen LogP contribution in [0.3, 0.4) is 0 Å². The van der Waals surface area contributed by atoms with Gasteiger partial charge in [0.1, 0.15) is 5.25 Å². The maximum atomic E-state index is 11.7. The summed E-state index contributed by atoms with van der Waals surface area (Å²) in [6.07, 6.45) is 0. The smallest absolute Gasteiger partial charge is 0.321 e. The van der Waals surface area contributed by atoms with E-state index in [0.29, 0.717) is 5.92 Å². The van der Waals surface area contributed by atoms with Crippen molar-refractivity contribution >= 4 is 16.8 Å². The van der Waals surface area contributed by atoms with Crippen molar-refractivity contribution in [2.75, 3.05) is 7.11 Å². The van der Waals surface area contributed by atoms with Gasteiger partial charge in [-0.1, -0.05) is 20.8 Å². The van der Waals surface area contributed by atoms with Crippen LogP contribution in [0.1, 0.15) is 27.7 Å². The van der Waals surface area contributed by atoms with Gasteiger partial charge in [-0.15, -0.1) is 0 Å².